The summed E-state index contributed by atoms with van der Waals surface area (Å²) >= 11 is 0. The smallest absolute Gasteiger partial charge is 0.276 e. The summed E-state index contributed by atoms with van der Waals surface area (Å²) in [6.07, 6.45) is 3.40. The fraction of sp³-hybridized carbons (Fsp3) is 0.292. The second-order valence-electron chi connectivity index (χ2n) is 7.58. The fourth-order valence-electron chi connectivity index (χ4n) is 3.82. The van der Waals surface area contributed by atoms with E-state index in [1.54, 1.807) is 19.2 Å². The number of ether oxygens (including phenoxy) is 1. The Labute approximate surface area is 176 Å². The molecule has 30 heavy (non-hydrogen) atoms. The topological polar surface area (TPSA) is 67.3 Å². The minimum absolute atomic E-state index is 0.288. The summed E-state index contributed by atoms with van der Waals surface area (Å²) in [6.45, 7) is 1.92. The number of carbonyl (C=O) groups is 1. The van der Waals surface area contributed by atoms with Crippen LogP contribution in [0, 0.1) is 5.92 Å². The molecular weight excluding hydrogens is 376 g/mol. The Hall–Kier alpha value is -3.41. The van der Waals surface area contributed by atoms with E-state index < -0.39 is 0 Å². The molecule has 2 aromatic carbocycles. The van der Waals surface area contributed by atoms with Crippen molar-refractivity contribution >= 4 is 17.4 Å². The third-order valence-corrected chi connectivity index (χ3v) is 5.52. The van der Waals surface area contributed by atoms with Crippen LogP contribution < -0.4 is 15.0 Å². The van der Waals surface area contributed by atoms with Crippen molar-refractivity contribution in [1.82, 2.24) is 10.2 Å². The van der Waals surface area contributed by atoms with Crippen LogP contribution >= 0.6 is 0 Å². The van der Waals surface area contributed by atoms with E-state index in [1.807, 2.05) is 24.3 Å². The largest absolute Gasteiger partial charge is 0.497 e. The maximum absolute atomic E-state index is 12.4. The summed E-state index contributed by atoms with van der Waals surface area (Å²) in [5.41, 5.74) is 2.35. The molecule has 1 fully saturated rings. The number of amides is 1. The van der Waals surface area contributed by atoms with E-state index in [1.165, 1.54) is 5.56 Å². The van der Waals surface area contributed by atoms with Crippen molar-refractivity contribution in [3.8, 4) is 5.75 Å². The zero-order valence-corrected chi connectivity index (χ0v) is 17.1. The molecule has 1 aliphatic rings. The van der Waals surface area contributed by atoms with Gasteiger partial charge in [0, 0.05) is 24.8 Å². The first-order chi connectivity index (χ1) is 14.7. The van der Waals surface area contributed by atoms with Gasteiger partial charge < -0.3 is 15.0 Å². The second kappa shape index (κ2) is 9.39. The monoisotopic (exact) mass is 402 g/mol. The molecule has 1 N–H and O–H groups in total. The Morgan fingerprint density at radius 3 is 2.53 bits per heavy atom. The Balaban J connectivity index is 1.32. The van der Waals surface area contributed by atoms with Crippen molar-refractivity contribution < 1.29 is 9.53 Å². The highest BCUT2D eigenvalue weighted by molar-refractivity contribution is 6.02. The molecule has 0 radical (unpaired) electrons. The van der Waals surface area contributed by atoms with Crippen molar-refractivity contribution in [3.63, 3.8) is 0 Å². The first-order valence-electron chi connectivity index (χ1n) is 10.3. The molecule has 1 saturated heterocycles. The van der Waals surface area contributed by atoms with Crippen LogP contribution in [-0.2, 0) is 6.42 Å². The molecule has 1 aliphatic heterocycles. The van der Waals surface area contributed by atoms with E-state index in [0.29, 0.717) is 23.0 Å². The summed E-state index contributed by atoms with van der Waals surface area (Å²) in [7, 11) is 1.59. The maximum atomic E-state index is 12.4. The van der Waals surface area contributed by atoms with Crippen LogP contribution in [0.1, 0.15) is 28.9 Å². The van der Waals surface area contributed by atoms with E-state index in [-0.39, 0.29) is 5.91 Å². The molecule has 0 aliphatic carbocycles. The standard InChI is InChI=1S/C24H26N4O2/c1-30-21-9-5-8-20(17-21)25-24(29)22-10-11-23(27-26-22)28-14-12-19(13-15-28)16-18-6-3-2-4-7-18/h2-11,17,19H,12-16H2,1H3,(H,25,29). The lowest BCUT2D eigenvalue weighted by Crippen LogP contribution is -2.35. The molecule has 6 nitrogen and oxygen atoms in total. The third-order valence-electron chi connectivity index (χ3n) is 5.52. The highest BCUT2D eigenvalue weighted by Gasteiger charge is 2.21. The van der Waals surface area contributed by atoms with Crippen molar-refractivity contribution in [1.29, 1.82) is 0 Å². The van der Waals surface area contributed by atoms with Gasteiger partial charge in [0.15, 0.2) is 11.5 Å². The molecule has 0 atom stereocenters. The molecule has 1 aromatic heterocycles. The Morgan fingerprint density at radius 1 is 1.03 bits per heavy atom. The van der Waals surface area contributed by atoms with Gasteiger partial charge in [0.1, 0.15) is 5.75 Å². The molecule has 6 heteroatoms. The summed E-state index contributed by atoms with van der Waals surface area (Å²) in [6, 6.07) is 21.5. The normalized spacial score (nSPS) is 14.4. The minimum Gasteiger partial charge on any atom is -0.497 e. The lowest BCUT2D eigenvalue weighted by atomic mass is 9.90. The highest BCUT2D eigenvalue weighted by Crippen LogP contribution is 2.24. The van der Waals surface area contributed by atoms with Gasteiger partial charge in [-0.1, -0.05) is 36.4 Å². The van der Waals surface area contributed by atoms with Crippen LogP contribution in [0.4, 0.5) is 11.5 Å². The minimum atomic E-state index is -0.288. The zero-order valence-electron chi connectivity index (χ0n) is 17.1. The molecule has 0 spiro atoms. The summed E-state index contributed by atoms with van der Waals surface area (Å²) in [5.74, 6) is 1.92. The van der Waals surface area contributed by atoms with Crippen LogP contribution in [0.25, 0.3) is 0 Å². The van der Waals surface area contributed by atoms with Crippen LogP contribution in [0.2, 0.25) is 0 Å². The first-order valence-corrected chi connectivity index (χ1v) is 10.3. The Kier molecular flexibility index (Phi) is 6.23. The van der Waals surface area contributed by atoms with Gasteiger partial charge in [-0.3, -0.25) is 4.79 Å². The SMILES string of the molecule is COc1cccc(NC(=O)c2ccc(N3CCC(Cc4ccccc4)CC3)nn2)c1. The molecule has 0 saturated carbocycles. The van der Waals surface area contributed by atoms with Gasteiger partial charge in [-0.15, -0.1) is 10.2 Å². The highest BCUT2D eigenvalue weighted by atomic mass is 16.5. The lowest BCUT2D eigenvalue weighted by Gasteiger charge is -2.32. The number of hydrogen-bond acceptors (Lipinski definition) is 5. The van der Waals surface area contributed by atoms with Crippen LogP contribution in [0.3, 0.4) is 0 Å². The first kappa shape index (κ1) is 19.9. The molecule has 154 valence electrons. The van der Waals surface area contributed by atoms with E-state index in [0.717, 1.165) is 38.2 Å². The number of anilines is 2. The lowest BCUT2D eigenvalue weighted by molar-refractivity contribution is 0.102. The van der Waals surface area contributed by atoms with Gasteiger partial charge in [0.2, 0.25) is 0 Å². The second-order valence-corrected chi connectivity index (χ2v) is 7.58. The van der Waals surface area contributed by atoms with Crippen molar-refractivity contribution in [3.05, 3.63) is 78.0 Å². The van der Waals surface area contributed by atoms with Crippen LogP contribution in [0.5, 0.6) is 5.75 Å². The van der Waals surface area contributed by atoms with E-state index in [2.05, 4.69) is 50.7 Å². The number of nitrogens with zero attached hydrogens (tertiary/aromatic N) is 3. The van der Waals surface area contributed by atoms with Crippen LogP contribution in [0.15, 0.2) is 66.7 Å². The van der Waals surface area contributed by atoms with Gasteiger partial charge in [0.25, 0.3) is 5.91 Å². The van der Waals surface area contributed by atoms with Crippen molar-refractivity contribution in [2.24, 2.45) is 5.92 Å². The molecule has 4 rings (SSSR count). The average molecular weight is 402 g/mol. The van der Waals surface area contributed by atoms with Crippen molar-refractivity contribution in [2.75, 3.05) is 30.4 Å². The maximum Gasteiger partial charge on any atom is 0.276 e. The number of rotatable bonds is 6. The predicted octanol–water partition coefficient (Wildman–Crippen LogP) is 4.20. The van der Waals surface area contributed by atoms with E-state index in [9.17, 15) is 4.79 Å². The third kappa shape index (κ3) is 4.95. The molecule has 0 unspecified atom stereocenters. The quantitative estimate of drug-likeness (QED) is 0.669. The Bertz CT molecular complexity index is 968. The Morgan fingerprint density at radius 2 is 1.83 bits per heavy atom. The molecule has 2 heterocycles. The summed E-state index contributed by atoms with van der Waals surface area (Å²) in [4.78, 5) is 14.7. The number of methoxy groups -OCH3 is 1. The number of piperidine rings is 1. The number of benzene rings is 2. The van der Waals surface area contributed by atoms with Crippen LogP contribution in [-0.4, -0.2) is 36.3 Å². The number of aromatic nitrogens is 2. The zero-order chi connectivity index (χ0) is 20.8. The van der Waals surface area contributed by atoms with Crippen molar-refractivity contribution in [2.45, 2.75) is 19.3 Å². The van der Waals surface area contributed by atoms with Gasteiger partial charge in [-0.25, -0.2) is 0 Å². The molecule has 3 aromatic rings. The van der Waals surface area contributed by atoms with Gasteiger partial charge in [-0.05, 0) is 55.0 Å². The molecule has 0 bridgehead atoms. The molecular formula is C24H26N4O2. The average Bonchev–Trinajstić information content (AvgIpc) is 2.80. The van der Waals surface area contributed by atoms with Gasteiger partial charge in [0.05, 0.1) is 7.11 Å². The molecule has 1 amide bonds. The summed E-state index contributed by atoms with van der Waals surface area (Å²) < 4.78 is 5.18. The predicted molar refractivity (Wildman–Crippen MR) is 118 cm³/mol. The van der Waals surface area contributed by atoms with E-state index in [4.69, 9.17) is 4.74 Å². The van der Waals surface area contributed by atoms with Gasteiger partial charge in [-0.2, -0.15) is 0 Å². The van der Waals surface area contributed by atoms with Gasteiger partial charge >= 0.3 is 0 Å². The number of nitrogens with one attached hydrogen (secondary N) is 1. The fourth-order valence-corrected chi connectivity index (χ4v) is 3.82. The van der Waals surface area contributed by atoms with E-state index >= 15 is 0 Å². The number of carbonyl (C=O) groups excluding carboxylic acids is 1. The number of hydrogen-bond donors (Lipinski definition) is 1. The summed E-state index contributed by atoms with van der Waals surface area (Å²) in [5, 5.41) is 11.3.